The number of hydrogen-bond donors (Lipinski definition) is 2. The molecule has 2 aromatic carbocycles. The number of aliphatic hydroxyl groups excluding tert-OH is 1. The SMILES string of the molecule is Cc1ccc(Cl)cc1S(=O)(=O)N(CCCO)Cc1cc2c(C)ccc(C)c2[nH]c1=O. The van der Waals surface area contributed by atoms with E-state index in [0.29, 0.717) is 16.1 Å². The summed E-state index contributed by atoms with van der Waals surface area (Å²) in [6, 6.07) is 10.4. The summed E-state index contributed by atoms with van der Waals surface area (Å²) in [6.45, 7) is 5.37. The number of fused-ring (bicyclic) bond motifs is 1. The second kappa shape index (κ2) is 8.89. The summed E-state index contributed by atoms with van der Waals surface area (Å²) in [6.07, 6.45) is 0.252. The maximum atomic E-state index is 13.4. The van der Waals surface area contributed by atoms with Crippen LogP contribution in [0.4, 0.5) is 0 Å². The van der Waals surface area contributed by atoms with Gasteiger partial charge in [0.1, 0.15) is 0 Å². The Morgan fingerprint density at radius 3 is 2.40 bits per heavy atom. The lowest BCUT2D eigenvalue weighted by molar-refractivity contribution is 0.267. The molecule has 0 aliphatic heterocycles. The third-order valence-electron chi connectivity index (χ3n) is 5.20. The fourth-order valence-electron chi connectivity index (χ4n) is 3.45. The van der Waals surface area contributed by atoms with E-state index in [0.717, 1.165) is 22.0 Å². The standard InChI is InChI=1S/C22H25ClN2O4S/c1-14-5-6-16(3)21-19(14)11-17(22(27)24-21)13-25(9-4-10-26)30(28,29)20-12-18(23)8-7-15(20)2/h5-8,11-12,26H,4,9-10,13H2,1-3H3,(H,24,27). The van der Waals surface area contributed by atoms with Gasteiger partial charge in [-0.2, -0.15) is 4.31 Å². The van der Waals surface area contributed by atoms with Gasteiger partial charge in [-0.05, 0) is 62.1 Å². The van der Waals surface area contributed by atoms with Gasteiger partial charge in [-0.1, -0.05) is 29.8 Å². The highest BCUT2D eigenvalue weighted by atomic mass is 35.5. The van der Waals surface area contributed by atoms with Gasteiger partial charge in [-0.25, -0.2) is 8.42 Å². The summed E-state index contributed by atoms with van der Waals surface area (Å²) in [5, 5.41) is 10.5. The lowest BCUT2D eigenvalue weighted by Gasteiger charge is -2.23. The molecular formula is C22H25ClN2O4S. The molecule has 8 heteroatoms. The van der Waals surface area contributed by atoms with Crippen LogP contribution in [0.25, 0.3) is 10.9 Å². The van der Waals surface area contributed by atoms with E-state index in [9.17, 15) is 18.3 Å². The molecule has 3 aromatic rings. The zero-order valence-electron chi connectivity index (χ0n) is 17.2. The van der Waals surface area contributed by atoms with Crippen molar-refractivity contribution < 1.29 is 13.5 Å². The van der Waals surface area contributed by atoms with Crippen LogP contribution in [0, 0.1) is 20.8 Å². The van der Waals surface area contributed by atoms with Gasteiger partial charge in [-0.15, -0.1) is 0 Å². The Balaban J connectivity index is 2.10. The number of benzene rings is 2. The Morgan fingerprint density at radius 1 is 1.03 bits per heavy atom. The number of sulfonamides is 1. The average molecular weight is 449 g/mol. The summed E-state index contributed by atoms with van der Waals surface area (Å²) in [5.41, 5.74) is 3.26. The Bertz CT molecular complexity index is 1250. The van der Waals surface area contributed by atoms with E-state index < -0.39 is 10.0 Å². The van der Waals surface area contributed by atoms with Crippen molar-refractivity contribution in [3.05, 3.63) is 74.0 Å². The molecule has 0 saturated carbocycles. The van der Waals surface area contributed by atoms with Gasteiger partial charge in [0.2, 0.25) is 10.0 Å². The van der Waals surface area contributed by atoms with Crippen molar-refractivity contribution in [1.29, 1.82) is 0 Å². The zero-order chi connectivity index (χ0) is 22.1. The minimum atomic E-state index is -3.93. The van der Waals surface area contributed by atoms with Crippen molar-refractivity contribution in [3.8, 4) is 0 Å². The van der Waals surface area contributed by atoms with Crippen molar-refractivity contribution in [1.82, 2.24) is 9.29 Å². The minimum absolute atomic E-state index is 0.0784. The minimum Gasteiger partial charge on any atom is -0.396 e. The molecular weight excluding hydrogens is 424 g/mol. The molecule has 3 rings (SSSR count). The van der Waals surface area contributed by atoms with Gasteiger partial charge in [-0.3, -0.25) is 4.79 Å². The molecule has 0 aliphatic carbocycles. The van der Waals surface area contributed by atoms with Gasteiger partial charge in [0.05, 0.1) is 10.4 Å². The number of nitrogens with one attached hydrogen (secondary N) is 1. The number of aromatic nitrogens is 1. The first kappa shape index (κ1) is 22.5. The Kier molecular flexibility index (Phi) is 6.67. The largest absolute Gasteiger partial charge is 0.396 e. The predicted octanol–water partition coefficient (Wildman–Crippen LogP) is 3.68. The number of aromatic amines is 1. The molecule has 0 spiro atoms. The molecule has 1 aromatic heterocycles. The van der Waals surface area contributed by atoms with Gasteiger partial charge < -0.3 is 10.1 Å². The number of rotatable bonds is 7. The molecule has 0 aliphatic rings. The van der Waals surface area contributed by atoms with Crippen molar-refractivity contribution in [2.24, 2.45) is 0 Å². The highest BCUT2D eigenvalue weighted by molar-refractivity contribution is 7.89. The highest BCUT2D eigenvalue weighted by Gasteiger charge is 2.27. The number of pyridine rings is 1. The first-order chi connectivity index (χ1) is 14.1. The highest BCUT2D eigenvalue weighted by Crippen LogP contribution is 2.26. The maximum Gasteiger partial charge on any atom is 0.252 e. The second-order valence-electron chi connectivity index (χ2n) is 7.44. The fraction of sp³-hybridized carbons (Fsp3) is 0.318. The van der Waals surface area contributed by atoms with Gasteiger partial charge in [0.25, 0.3) is 5.56 Å². The molecule has 0 atom stereocenters. The van der Waals surface area contributed by atoms with E-state index in [1.807, 2.05) is 26.0 Å². The van der Waals surface area contributed by atoms with Crippen molar-refractivity contribution >= 4 is 32.5 Å². The fourth-order valence-corrected chi connectivity index (χ4v) is 5.39. The summed E-state index contributed by atoms with van der Waals surface area (Å²) in [4.78, 5) is 15.7. The van der Waals surface area contributed by atoms with Crippen molar-refractivity contribution in [3.63, 3.8) is 0 Å². The van der Waals surface area contributed by atoms with E-state index >= 15 is 0 Å². The molecule has 0 saturated heterocycles. The molecule has 0 radical (unpaired) electrons. The lowest BCUT2D eigenvalue weighted by Crippen LogP contribution is -2.34. The summed E-state index contributed by atoms with van der Waals surface area (Å²) in [5.74, 6) is 0. The topological polar surface area (TPSA) is 90.5 Å². The molecule has 2 N–H and O–H groups in total. The number of hydrogen-bond acceptors (Lipinski definition) is 4. The van der Waals surface area contributed by atoms with Crippen LogP contribution in [0.2, 0.25) is 5.02 Å². The van der Waals surface area contributed by atoms with Crippen LogP contribution in [0.3, 0.4) is 0 Å². The molecule has 6 nitrogen and oxygen atoms in total. The first-order valence-corrected chi connectivity index (χ1v) is 11.5. The number of halogens is 1. The molecule has 1 heterocycles. The summed E-state index contributed by atoms with van der Waals surface area (Å²) in [7, 11) is -3.93. The average Bonchev–Trinajstić information content (AvgIpc) is 2.70. The van der Waals surface area contributed by atoms with Crippen molar-refractivity contribution in [2.45, 2.75) is 38.6 Å². The predicted molar refractivity (Wildman–Crippen MR) is 120 cm³/mol. The van der Waals surface area contributed by atoms with E-state index in [1.54, 1.807) is 25.1 Å². The van der Waals surface area contributed by atoms with Gasteiger partial charge in [0.15, 0.2) is 0 Å². The lowest BCUT2D eigenvalue weighted by atomic mass is 10.0. The molecule has 0 amide bonds. The van der Waals surface area contributed by atoms with Crippen LogP contribution in [-0.2, 0) is 16.6 Å². The van der Waals surface area contributed by atoms with Crippen LogP contribution >= 0.6 is 11.6 Å². The number of nitrogens with zero attached hydrogens (tertiary/aromatic N) is 1. The van der Waals surface area contributed by atoms with Crippen LogP contribution in [0.5, 0.6) is 0 Å². The molecule has 0 unspecified atom stereocenters. The van der Waals surface area contributed by atoms with E-state index in [4.69, 9.17) is 11.6 Å². The molecule has 160 valence electrons. The van der Waals surface area contributed by atoms with Crippen LogP contribution in [-0.4, -0.2) is 36.0 Å². The second-order valence-corrected chi connectivity index (χ2v) is 9.78. The number of H-pyrrole nitrogens is 1. The first-order valence-electron chi connectivity index (χ1n) is 9.64. The van der Waals surface area contributed by atoms with E-state index in [2.05, 4.69) is 4.98 Å². The maximum absolute atomic E-state index is 13.4. The van der Waals surface area contributed by atoms with Crippen LogP contribution < -0.4 is 5.56 Å². The monoisotopic (exact) mass is 448 g/mol. The van der Waals surface area contributed by atoms with E-state index in [1.165, 1.54) is 10.4 Å². The number of aryl methyl sites for hydroxylation is 3. The Labute approximate surface area is 181 Å². The zero-order valence-corrected chi connectivity index (χ0v) is 18.8. The quantitative estimate of drug-likeness (QED) is 0.576. The molecule has 30 heavy (non-hydrogen) atoms. The van der Waals surface area contributed by atoms with Crippen LogP contribution in [0.1, 0.15) is 28.7 Å². The van der Waals surface area contributed by atoms with Crippen LogP contribution in [0.15, 0.2) is 46.1 Å². The Morgan fingerprint density at radius 2 is 1.70 bits per heavy atom. The van der Waals surface area contributed by atoms with Gasteiger partial charge in [0, 0.05) is 35.7 Å². The van der Waals surface area contributed by atoms with Crippen molar-refractivity contribution in [2.75, 3.05) is 13.2 Å². The summed E-state index contributed by atoms with van der Waals surface area (Å²) >= 11 is 6.04. The smallest absolute Gasteiger partial charge is 0.252 e. The molecule has 0 bridgehead atoms. The van der Waals surface area contributed by atoms with Gasteiger partial charge >= 0.3 is 0 Å². The summed E-state index contributed by atoms with van der Waals surface area (Å²) < 4.78 is 28.0. The molecule has 0 fully saturated rings. The number of aliphatic hydroxyl groups is 1. The Hall–Kier alpha value is -2.19. The van der Waals surface area contributed by atoms with E-state index in [-0.39, 0.29) is 36.6 Å². The normalized spacial score (nSPS) is 12.1. The third kappa shape index (κ3) is 4.44. The third-order valence-corrected chi connectivity index (χ3v) is 7.42.